The van der Waals surface area contributed by atoms with Crippen molar-refractivity contribution in [2.24, 2.45) is 5.73 Å². The van der Waals surface area contributed by atoms with Crippen LogP contribution in [0.1, 0.15) is 39.0 Å². The van der Waals surface area contributed by atoms with Crippen LogP contribution in [0.2, 0.25) is 0 Å². The first kappa shape index (κ1) is 15.2. The lowest BCUT2D eigenvalue weighted by atomic mass is 9.89. The molecule has 1 aromatic rings. The van der Waals surface area contributed by atoms with Crippen molar-refractivity contribution in [1.82, 2.24) is 4.98 Å². The lowest BCUT2D eigenvalue weighted by Crippen LogP contribution is -2.41. The maximum atomic E-state index is 5.93. The van der Waals surface area contributed by atoms with E-state index < -0.39 is 0 Å². The Morgan fingerprint density at radius 3 is 2.50 bits per heavy atom. The fourth-order valence-electron chi connectivity index (χ4n) is 2.10. The number of pyridine rings is 1. The average Bonchev–Trinajstić information content (AvgIpc) is 2.57. The van der Waals surface area contributed by atoms with Gasteiger partial charge in [0.05, 0.1) is 11.2 Å². The van der Waals surface area contributed by atoms with E-state index in [-0.39, 0.29) is 18.3 Å². The van der Waals surface area contributed by atoms with Gasteiger partial charge >= 0.3 is 7.12 Å². The molecule has 0 atom stereocenters. The maximum absolute atomic E-state index is 5.93. The molecule has 0 saturated carbocycles. The Morgan fingerprint density at radius 2 is 1.90 bits per heavy atom. The van der Waals surface area contributed by atoms with Crippen LogP contribution in [-0.4, -0.2) is 29.8 Å². The van der Waals surface area contributed by atoms with Gasteiger partial charge in [0.2, 0.25) is 0 Å². The summed E-state index contributed by atoms with van der Waals surface area (Å²) in [4.78, 5) is 4.36. The van der Waals surface area contributed by atoms with E-state index in [1.54, 1.807) is 6.20 Å². The second-order valence-corrected chi connectivity index (χ2v) is 6.06. The van der Waals surface area contributed by atoms with Gasteiger partial charge in [-0.05, 0) is 45.9 Å². The molecule has 1 aliphatic heterocycles. The molecule has 2 rings (SSSR count). The van der Waals surface area contributed by atoms with Crippen LogP contribution in [-0.2, 0) is 15.7 Å². The Balaban J connectivity index is 2.12. The molecule has 0 unspecified atom stereocenters. The second-order valence-electron chi connectivity index (χ2n) is 6.06. The van der Waals surface area contributed by atoms with Crippen LogP contribution >= 0.6 is 0 Å². The monoisotopic (exact) mass is 274 g/mol. The van der Waals surface area contributed by atoms with E-state index in [9.17, 15) is 0 Å². The van der Waals surface area contributed by atoms with Gasteiger partial charge in [-0.3, -0.25) is 4.98 Å². The van der Waals surface area contributed by atoms with Crippen LogP contribution < -0.4 is 5.73 Å². The van der Waals surface area contributed by atoms with Gasteiger partial charge in [-0.2, -0.15) is 0 Å². The molecule has 0 radical (unpaired) electrons. The van der Waals surface area contributed by atoms with E-state index in [1.807, 2.05) is 51.9 Å². The van der Waals surface area contributed by atoms with Gasteiger partial charge in [0, 0.05) is 18.3 Å². The first-order valence-corrected chi connectivity index (χ1v) is 7.03. The molecule has 0 amide bonds. The van der Waals surface area contributed by atoms with E-state index in [2.05, 4.69) is 4.98 Å². The molecule has 2 N–H and O–H groups in total. The maximum Gasteiger partial charge on any atom is 0.487 e. The predicted molar refractivity (Wildman–Crippen MR) is 82.1 cm³/mol. The minimum Gasteiger partial charge on any atom is -0.400 e. The summed E-state index contributed by atoms with van der Waals surface area (Å²) in [7, 11) is -0.328. The Bertz CT molecular complexity index is 484. The van der Waals surface area contributed by atoms with Crippen molar-refractivity contribution in [1.29, 1.82) is 0 Å². The first-order valence-electron chi connectivity index (χ1n) is 7.03. The van der Waals surface area contributed by atoms with E-state index in [0.29, 0.717) is 6.54 Å². The summed E-state index contributed by atoms with van der Waals surface area (Å²) in [6, 6.07) is 3.95. The van der Waals surface area contributed by atoms with Gasteiger partial charge in [0.1, 0.15) is 0 Å². The number of hydrogen-bond acceptors (Lipinski definition) is 4. The molecule has 108 valence electrons. The third-order valence-corrected chi connectivity index (χ3v) is 4.01. The normalized spacial score (nSPS) is 20.8. The summed E-state index contributed by atoms with van der Waals surface area (Å²) in [5, 5.41) is 0. The predicted octanol–water partition coefficient (Wildman–Crippen LogP) is 2.23. The average molecular weight is 274 g/mol. The molecule has 1 saturated heterocycles. The molecule has 1 fully saturated rings. The van der Waals surface area contributed by atoms with Gasteiger partial charge in [-0.15, -0.1) is 0 Å². The van der Waals surface area contributed by atoms with E-state index >= 15 is 0 Å². The zero-order chi connectivity index (χ0) is 14.8. The van der Waals surface area contributed by atoms with Crippen LogP contribution in [0.25, 0.3) is 6.08 Å². The first-order chi connectivity index (χ1) is 9.36. The Kier molecular flexibility index (Phi) is 4.32. The molecular formula is C15H23BN2O2. The van der Waals surface area contributed by atoms with E-state index in [0.717, 1.165) is 17.7 Å². The topological polar surface area (TPSA) is 57.4 Å². The zero-order valence-electron chi connectivity index (χ0n) is 12.7. The number of nitrogens with two attached hydrogens (primary N) is 1. The fourth-order valence-corrected chi connectivity index (χ4v) is 2.10. The molecule has 2 heterocycles. The number of nitrogens with zero attached hydrogens (tertiary/aromatic N) is 1. The smallest absolute Gasteiger partial charge is 0.400 e. The standard InChI is InChI=1S/C15H23BN2O2/c1-14(2)15(3,4)20-16(19-14)9-7-12-6-5-11-18-13(12)8-10-17/h5-7,9,11H,8,10,17H2,1-4H3/b9-7+. The molecule has 1 aromatic heterocycles. The quantitative estimate of drug-likeness (QED) is 0.855. The highest BCUT2D eigenvalue weighted by molar-refractivity contribution is 6.52. The zero-order valence-corrected chi connectivity index (χ0v) is 12.7. The third kappa shape index (κ3) is 3.11. The highest BCUT2D eigenvalue weighted by Crippen LogP contribution is 2.37. The van der Waals surface area contributed by atoms with Crippen molar-refractivity contribution >= 4 is 13.2 Å². The summed E-state index contributed by atoms with van der Waals surface area (Å²) < 4.78 is 11.9. The minimum atomic E-state index is -0.328. The lowest BCUT2D eigenvalue weighted by molar-refractivity contribution is 0.00578. The van der Waals surface area contributed by atoms with Gasteiger partial charge in [0.15, 0.2) is 0 Å². The van der Waals surface area contributed by atoms with Gasteiger partial charge < -0.3 is 15.0 Å². The SMILES string of the molecule is CC1(C)OB(/C=C/c2cccnc2CCN)OC1(C)C. The molecule has 1 aliphatic rings. The van der Waals surface area contributed by atoms with Gasteiger partial charge in [0.25, 0.3) is 0 Å². The Morgan fingerprint density at radius 1 is 1.25 bits per heavy atom. The van der Waals surface area contributed by atoms with Crippen LogP contribution in [0, 0.1) is 0 Å². The fraction of sp³-hybridized carbons (Fsp3) is 0.533. The summed E-state index contributed by atoms with van der Waals surface area (Å²) in [5.74, 6) is 1.94. The summed E-state index contributed by atoms with van der Waals surface area (Å²) >= 11 is 0. The van der Waals surface area contributed by atoms with E-state index in [1.165, 1.54) is 0 Å². The van der Waals surface area contributed by atoms with Crippen molar-refractivity contribution in [3.05, 3.63) is 35.6 Å². The second kappa shape index (κ2) is 5.68. The minimum absolute atomic E-state index is 0.308. The number of aromatic nitrogens is 1. The van der Waals surface area contributed by atoms with Crippen LogP contribution in [0.5, 0.6) is 0 Å². The molecule has 0 aromatic carbocycles. The number of rotatable bonds is 4. The highest BCUT2D eigenvalue weighted by Gasteiger charge is 2.49. The van der Waals surface area contributed by atoms with Crippen molar-refractivity contribution in [3.63, 3.8) is 0 Å². The van der Waals surface area contributed by atoms with Crippen molar-refractivity contribution in [2.75, 3.05) is 6.54 Å². The molecule has 5 heteroatoms. The third-order valence-electron chi connectivity index (χ3n) is 4.01. The highest BCUT2D eigenvalue weighted by atomic mass is 16.7. The molecule has 20 heavy (non-hydrogen) atoms. The molecule has 4 nitrogen and oxygen atoms in total. The molecule has 0 bridgehead atoms. The summed E-state index contributed by atoms with van der Waals surface area (Å²) in [5.41, 5.74) is 7.05. The Labute approximate surface area is 121 Å². The summed E-state index contributed by atoms with van der Waals surface area (Å²) in [6.07, 6.45) is 4.56. The summed E-state index contributed by atoms with van der Waals surface area (Å²) in [6.45, 7) is 8.78. The van der Waals surface area contributed by atoms with Crippen LogP contribution in [0.15, 0.2) is 24.3 Å². The van der Waals surface area contributed by atoms with Gasteiger partial charge in [-0.25, -0.2) is 0 Å². The molecule has 0 spiro atoms. The van der Waals surface area contributed by atoms with Crippen LogP contribution in [0.4, 0.5) is 0 Å². The largest absolute Gasteiger partial charge is 0.487 e. The van der Waals surface area contributed by atoms with Crippen molar-refractivity contribution < 1.29 is 9.31 Å². The van der Waals surface area contributed by atoms with Crippen molar-refractivity contribution in [3.8, 4) is 0 Å². The van der Waals surface area contributed by atoms with Gasteiger partial charge in [-0.1, -0.05) is 18.1 Å². The number of hydrogen-bond donors (Lipinski definition) is 1. The van der Waals surface area contributed by atoms with Crippen molar-refractivity contribution in [2.45, 2.75) is 45.3 Å². The Hall–Kier alpha value is -1.17. The lowest BCUT2D eigenvalue weighted by Gasteiger charge is -2.32. The van der Waals surface area contributed by atoms with Crippen LogP contribution in [0.3, 0.4) is 0 Å². The molecule has 0 aliphatic carbocycles. The molecular weight excluding hydrogens is 251 g/mol. The van der Waals surface area contributed by atoms with E-state index in [4.69, 9.17) is 15.0 Å².